The molecule has 1 aliphatic heterocycles. The van der Waals surface area contributed by atoms with Crippen LogP contribution < -0.4 is 0 Å². The van der Waals surface area contributed by atoms with Gasteiger partial charge in [0.05, 0.1) is 19.3 Å². The van der Waals surface area contributed by atoms with Crippen molar-refractivity contribution in [1.29, 1.82) is 0 Å². The van der Waals surface area contributed by atoms with Gasteiger partial charge in [0.15, 0.2) is 0 Å². The van der Waals surface area contributed by atoms with Gasteiger partial charge in [-0.25, -0.2) is 9.18 Å². The second-order valence-corrected chi connectivity index (χ2v) is 7.36. The van der Waals surface area contributed by atoms with Gasteiger partial charge in [-0.15, -0.1) is 0 Å². The fourth-order valence-corrected chi connectivity index (χ4v) is 3.99. The molecule has 1 aliphatic rings. The first-order valence-electron chi connectivity index (χ1n) is 9.57. The van der Waals surface area contributed by atoms with Gasteiger partial charge in [-0.3, -0.25) is 0 Å². The van der Waals surface area contributed by atoms with E-state index in [9.17, 15) is 19.4 Å². The van der Waals surface area contributed by atoms with Crippen molar-refractivity contribution >= 4 is 16.9 Å². The second-order valence-electron chi connectivity index (χ2n) is 7.36. The van der Waals surface area contributed by atoms with Crippen molar-refractivity contribution in [3.63, 3.8) is 0 Å². The molecule has 2 atom stereocenters. The summed E-state index contributed by atoms with van der Waals surface area (Å²) in [7, 11) is 0. The van der Waals surface area contributed by atoms with Crippen molar-refractivity contribution in [3.05, 3.63) is 77.6 Å². The molecule has 0 radical (unpaired) electrons. The Morgan fingerprint density at radius 2 is 1.90 bits per heavy atom. The summed E-state index contributed by atoms with van der Waals surface area (Å²) in [4.78, 5) is 12.8. The fraction of sp³-hybridized carbons (Fsp3) is 0.261. The van der Waals surface area contributed by atoms with Gasteiger partial charge < -0.3 is 19.8 Å². The van der Waals surface area contributed by atoms with Gasteiger partial charge in [0.2, 0.25) is 0 Å². The Morgan fingerprint density at radius 1 is 1.14 bits per heavy atom. The number of ether oxygens (including phenoxy) is 1. The molecule has 1 amide bonds. The summed E-state index contributed by atoms with van der Waals surface area (Å²) in [5.41, 5.74) is 1.74. The number of piperidine rings is 1. The Balaban J connectivity index is 1.55. The molecule has 1 saturated heterocycles. The van der Waals surface area contributed by atoms with E-state index in [4.69, 9.17) is 4.74 Å². The van der Waals surface area contributed by atoms with Crippen LogP contribution in [0, 0.1) is 5.82 Å². The van der Waals surface area contributed by atoms with Gasteiger partial charge >= 0.3 is 6.09 Å². The molecule has 3 aromatic rings. The number of halogens is 1. The first-order valence-corrected chi connectivity index (χ1v) is 9.57. The van der Waals surface area contributed by atoms with E-state index in [0.717, 1.165) is 21.9 Å². The highest BCUT2D eigenvalue weighted by Gasteiger charge is 2.33. The van der Waals surface area contributed by atoms with Gasteiger partial charge in [-0.05, 0) is 47.2 Å². The number of carbonyl (C=O) groups is 1. The van der Waals surface area contributed by atoms with Crippen LogP contribution in [0.5, 0.6) is 5.75 Å². The summed E-state index contributed by atoms with van der Waals surface area (Å²) in [6.45, 7) is 0.902. The molecule has 0 aromatic heterocycles. The number of likely N-dealkylation sites (tertiary alicyclic amines) is 1. The molecule has 3 aromatic carbocycles. The number of rotatable bonds is 4. The first-order chi connectivity index (χ1) is 14.0. The average molecular weight is 395 g/mol. The zero-order valence-electron chi connectivity index (χ0n) is 15.8. The van der Waals surface area contributed by atoms with Crippen LogP contribution in [-0.2, 0) is 11.3 Å². The molecule has 1 fully saturated rings. The summed E-state index contributed by atoms with van der Waals surface area (Å²) in [5, 5.41) is 21.3. The topological polar surface area (TPSA) is 70.0 Å². The lowest BCUT2D eigenvalue weighted by molar-refractivity contribution is -0.0199. The number of benzene rings is 3. The third-order valence-electron chi connectivity index (χ3n) is 5.49. The lowest BCUT2D eigenvalue weighted by Crippen LogP contribution is -2.46. The largest absolute Gasteiger partial charge is 0.507 e. The monoisotopic (exact) mass is 395 g/mol. The van der Waals surface area contributed by atoms with Gasteiger partial charge in [-0.1, -0.05) is 36.4 Å². The summed E-state index contributed by atoms with van der Waals surface area (Å²) in [5.74, 6) is -0.145. The van der Waals surface area contributed by atoms with Crippen LogP contribution in [0.1, 0.15) is 23.5 Å². The molecule has 150 valence electrons. The smallest absolute Gasteiger partial charge is 0.407 e. The number of hydrogen-bond donors (Lipinski definition) is 2. The van der Waals surface area contributed by atoms with Crippen LogP contribution in [0.4, 0.5) is 9.18 Å². The molecule has 29 heavy (non-hydrogen) atoms. The molecule has 2 N–H and O–H groups in total. The second kappa shape index (κ2) is 8.09. The normalized spacial score (nSPS) is 19.4. The Bertz CT molecular complexity index is 1020. The standard InChI is InChI=1S/C23H22FNO4/c24-18-7-5-16(6-8-18)20-9-10-25(23(27)28)13-22(20)29-14-15-11-17-3-1-2-4-19(17)21(26)12-15/h1-8,11-12,20,22,26H,9-10,13-14H2,(H,27,28)/t20?,22-/m0/s1. The first kappa shape index (κ1) is 19.2. The Kier molecular flexibility index (Phi) is 5.36. The molecule has 1 heterocycles. The molecule has 0 bridgehead atoms. The molecule has 0 saturated carbocycles. The molecule has 0 spiro atoms. The van der Waals surface area contributed by atoms with E-state index in [2.05, 4.69) is 0 Å². The number of hydrogen-bond acceptors (Lipinski definition) is 3. The third-order valence-corrected chi connectivity index (χ3v) is 5.49. The van der Waals surface area contributed by atoms with Gasteiger partial charge in [0.1, 0.15) is 11.6 Å². The van der Waals surface area contributed by atoms with E-state index in [1.54, 1.807) is 18.2 Å². The molecule has 1 unspecified atom stereocenters. The predicted molar refractivity (Wildman–Crippen MR) is 108 cm³/mol. The van der Waals surface area contributed by atoms with Crippen molar-refractivity contribution in [1.82, 2.24) is 4.90 Å². The van der Waals surface area contributed by atoms with Crippen molar-refractivity contribution in [2.24, 2.45) is 0 Å². The summed E-state index contributed by atoms with van der Waals surface area (Å²) in [6, 6.07) is 17.5. The van der Waals surface area contributed by atoms with Gasteiger partial charge in [-0.2, -0.15) is 0 Å². The van der Waals surface area contributed by atoms with E-state index in [0.29, 0.717) is 13.0 Å². The fourth-order valence-electron chi connectivity index (χ4n) is 3.99. The Hall–Kier alpha value is -3.12. The van der Waals surface area contributed by atoms with Crippen LogP contribution in [0.2, 0.25) is 0 Å². The highest BCUT2D eigenvalue weighted by Crippen LogP contribution is 2.32. The van der Waals surface area contributed by atoms with E-state index in [1.807, 2.05) is 30.3 Å². The molecule has 0 aliphatic carbocycles. The molecule has 6 heteroatoms. The zero-order chi connectivity index (χ0) is 20.4. The molecule has 5 nitrogen and oxygen atoms in total. The molecular formula is C23H22FNO4. The predicted octanol–water partition coefficient (Wildman–Crippen LogP) is 4.74. The Morgan fingerprint density at radius 3 is 2.66 bits per heavy atom. The number of phenols is 1. The van der Waals surface area contributed by atoms with Gasteiger partial charge in [0.25, 0.3) is 0 Å². The maximum absolute atomic E-state index is 13.3. The van der Waals surface area contributed by atoms with E-state index in [1.165, 1.54) is 17.0 Å². The van der Waals surface area contributed by atoms with Gasteiger partial charge in [0, 0.05) is 17.8 Å². The lowest BCUT2D eigenvalue weighted by atomic mass is 9.87. The van der Waals surface area contributed by atoms with Crippen molar-refractivity contribution in [2.45, 2.75) is 25.0 Å². The van der Waals surface area contributed by atoms with Crippen LogP contribution in [0.3, 0.4) is 0 Å². The average Bonchev–Trinajstić information content (AvgIpc) is 2.73. The summed E-state index contributed by atoms with van der Waals surface area (Å²) >= 11 is 0. The van der Waals surface area contributed by atoms with E-state index < -0.39 is 6.09 Å². The number of amides is 1. The minimum atomic E-state index is -0.973. The Labute approximate surface area is 168 Å². The van der Waals surface area contributed by atoms with Crippen LogP contribution in [0.15, 0.2) is 60.7 Å². The van der Waals surface area contributed by atoms with Crippen molar-refractivity contribution in [3.8, 4) is 5.75 Å². The summed E-state index contributed by atoms with van der Waals surface area (Å²) < 4.78 is 19.5. The van der Waals surface area contributed by atoms with Crippen molar-refractivity contribution in [2.75, 3.05) is 13.1 Å². The number of carboxylic acid groups (broad SMARTS) is 1. The minimum absolute atomic E-state index is 0.0275. The number of aromatic hydroxyl groups is 1. The summed E-state index contributed by atoms with van der Waals surface area (Å²) in [6.07, 6.45) is -0.732. The number of nitrogens with zero attached hydrogens (tertiary/aromatic N) is 1. The van der Waals surface area contributed by atoms with E-state index in [-0.39, 0.29) is 36.7 Å². The quantitative estimate of drug-likeness (QED) is 0.670. The van der Waals surface area contributed by atoms with Crippen LogP contribution >= 0.6 is 0 Å². The zero-order valence-corrected chi connectivity index (χ0v) is 15.8. The number of fused-ring (bicyclic) bond motifs is 1. The van der Waals surface area contributed by atoms with Crippen LogP contribution in [-0.4, -0.2) is 40.4 Å². The SMILES string of the molecule is O=C(O)N1CCC(c2ccc(F)cc2)[C@@H](OCc2cc(O)c3ccccc3c2)C1. The lowest BCUT2D eigenvalue weighted by Gasteiger charge is -2.37. The van der Waals surface area contributed by atoms with Crippen LogP contribution in [0.25, 0.3) is 10.8 Å². The third kappa shape index (κ3) is 4.17. The maximum Gasteiger partial charge on any atom is 0.407 e. The molecule has 4 rings (SSSR count). The highest BCUT2D eigenvalue weighted by molar-refractivity contribution is 5.88. The van der Waals surface area contributed by atoms with E-state index >= 15 is 0 Å². The molecular weight excluding hydrogens is 373 g/mol. The number of phenolic OH excluding ortho intramolecular Hbond substituents is 1. The van der Waals surface area contributed by atoms with Crippen molar-refractivity contribution < 1.29 is 24.1 Å². The minimum Gasteiger partial charge on any atom is -0.507 e. The maximum atomic E-state index is 13.3. The highest BCUT2D eigenvalue weighted by atomic mass is 19.1.